The van der Waals surface area contributed by atoms with Crippen LogP contribution < -0.4 is 5.19 Å². The number of rotatable bonds is 1. The molecule has 0 atom stereocenters. The van der Waals surface area contributed by atoms with Crippen molar-refractivity contribution in [3.05, 3.63) is 36.7 Å². The number of benzene rings is 1. The van der Waals surface area contributed by atoms with Crippen LogP contribution in [0.3, 0.4) is 0 Å². The van der Waals surface area contributed by atoms with Crippen LogP contribution in [0, 0.1) is 7.43 Å². The molecule has 0 N–H and O–H groups in total. The van der Waals surface area contributed by atoms with Gasteiger partial charge in [-0.15, -0.1) is 12.4 Å². The molecule has 0 nitrogen and oxygen atoms in total. The van der Waals surface area contributed by atoms with Crippen molar-refractivity contribution < 1.29 is 0 Å². The molecule has 0 bridgehead atoms. The van der Waals surface area contributed by atoms with Crippen LogP contribution >= 0.6 is 24.0 Å². The molecule has 4 heteroatoms. The minimum absolute atomic E-state index is 0. The van der Waals surface area contributed by atoms with Gasteiger partial charge in [-0.05, 0) is 12.1 Å². The van der Waals surface area contributed by atoms with Gasteiger partial charge in [0.1, 0.15) is 0 Å². The molecule has 0 heterocycles. The van der Waals surface area contributed by atoms with Crippen molar-refractivity contribution in [3.8, 4) is 0 Å². The summed E-state index contributed by atoms with van der Waals surface area (Å²) >= 11 is 5.73. The van der Waals surface area contributed by atoms with Crippen LogP contribution in [0.5, 0.6) is 0 Å². The van der Waals surface area contributed by atoms with E-state index in [0.717, 1.165) is 5.02 Å². The van der Waals surface area contributed by atoms with Crippen molar-refractivity contribution in [1.82, 2.24) is 0 Å². The number of hydrogen-bond donors (Lipinski definition) is 0. The van der Waals surface area contributed by atoms with Crippen LogP contribution in [-0.2, 0) is 0 Å². The van der Waals surface area contributed by atoms with Gasteiger partial charge in [0.05, 0.1) is 0 Å². The van der Waals surface area contributed by atoms with Crippen LogP contribution in [0.1, 0.15) is 0 Å². The SMILES string of the molecule is C[Si-](C)c1ccc(Cl)cc1.Cl.[CH3-].[Mg+2]. The summed E-state index contributed by atoms with van der Waals surface area (Å²) in [6, 6.07) is 8.12. The van der Waals surface area contributed by atoms with Gasteiger partial charge in [0.2, 0.25) is 0 Å². The first-order chi connectivity index (χ1) is 4.70. The fourth-order valence-electron chi connectivity index (χ4n) is 0.783. The Hall–Kier alpha value is 0.783. The van der Waals surface area contributed by atoms with Gasteiger partial charge in [-0.3, -0.25) is 8.80 Å². The Kier molecular flexibility index (Phi) is 13.9. The first-order valence-electron chi connectivity index (χ1n) is 3.26. The molecule has 0 saturated carbocycles. The Morgan fingerprint density at radius 1 is 1.08 bits per heavy atom. The molecule has 0 saturated heterocycles. The van der Waals surface area contributed by atoms with E-state index in [-0.39, 0.29) is 51.7 Å². The molecule has 0 amide bonds. The Balaban J connectivity index is -0.000000333. The van der Waals surface area contributed by atoms with Gasteiger partial charge >= 0.3 is 23.1 Å². The third-order valence-corrected chi connectivity index (χ3v) is 3.16. The first kappa shape index (κ1) is 19.4. The van der Waals surface area contributed by atoms with Crippen LogP contribution in [0.15, 0.2) is 24.3 Å². The monoisotopic (exact) mass is 244 g/mol. The molecule has 1 aromatic rings. The third-order valence-electron chi connectivity index (χ3n) is 1.42. The van der Waals surface area contributed by atoms with E-state index in [2.05, 4.69) is 25.2 Å². The standard InChI is InChI=1S/C8H10ClSi.CH3.ClH.Mg/c1-10(2)8-5-3-7(9)4-6-8;;;/h3-6H,1-2H3;1H3;1H;/q2*-1;;+2. The molecule has 1 aromatic carbocycles. The maximum atomic E-state index is 5.73. The molecule has 1 rings (SSSR count). The topological polar surface area (TPSA) is 0 Å². The predicted molar refractivity (Wildman–Crippen MR) is 68.0 cm³/mol. The zero-order valence-electron chi connectivity index (χ0n) is 8.30. The summed E-state index contributed by atoms with van der Waals surface area (Å²) in [5.41, 5.74) is 0. The van der Waals surface area contributed by atoms with Crippen molar-refractivity contribution >= 4 is 61.0 Å². The van der Waals surface area contributed by atoms with E-state index < -0.39 is 0 Å². The molecule has 13 heavy (non-hydrogen) atoms. The second kappa shape index (κ2) is 9.34. The fourth-order valence-corrected chi connectivity index (χ4v) is 1.74. The summed E-state index contributed by atoms with van der Waals surface area (Å²) in [6.07, 6.45) is 0. The van der Waals surface area contributed by atoms with Gasteiger partial charge in [-0.25, -0.2) is 0 Å². The van der Waals surface area contributed by atoms with Gasteiger partial charge in [-0.2, -0.15) is 18.3 Å². The van der Waals surface area contributed by atoms with Crippen molar-refractivity contribution in [2.45, 2.75) is 13.1 Å². The van der Waals surface area contributed by atoms with Gasteiger partial charge in [0.25, 0.3) is 0 Å². The third kappa shape index (κ3) is 6.80. The molecular weight excluding hydrogens is 231 g/mol. The minimum atomic E-state index is -0.287. The summed E-state index contributed by atoms with van der Waals surface area (Å²) in [4.78, 5) is 0. The average molecular weight is 246 g/mol. The molecule has 0 spiro atoms. The van der Waals surface area contributed by atoms with Gasteiger partial charge < -0.3 is 7.43 Å². The van der Waals surface area contributed by atoms with E-state index in [4.69, 9.17) is 11.6 Å². The molecule has 0 unspecified atom stereocenters. The van der Waals surface area contributed by atoms with Gasteiger partial charge in [0, 0.05) is 5.02 Å². The van der Waals surface area contributed by atoms with E-state index in [1.165, 1.54) is 5.19 Å². The molecule has 0 radical (unpaired) electrons. The van der Waals surface area contributed by atoms with Crippen LogP contribution in [0.25, 0.3) is 0 Å². The Labute approximate surface area is 110 Å². The molecule has 0 fully saturated rings. The summed E-state index contributed by atoms with van der Waals surface area (Å²) in [5.74, 6) is 0. The smallest absolute Gasteiger partial charge is 0.358 e. The Bertz CT molecular complexity index is 211. The molecule has 0 aliphatic rings. The maximum Gasteiger partial charge on any atom is 2.00 e. The molecule has 0 aromatic heterocycles. The van der Waals surface area contributed by atoms with E-state index in [9.17, 15) is 0 Å². The van der Waals surface area contributed by atoms with E-state index in [0.29, 0.717) is 0 Å². The quantitative estimate of drug-likeness (QED) is 0.527. The predicted octanol–water partition coefficient (Wildman–Crippen LogP) is 2.79. The fraction of sp³-hybridized carbons (Fsp3) is 0.222. The van der Waals surface area contributed by atoms with Crippen molar-refractivity contribution in [2.75, 3.05) is 0 Å². The van der Waals surface area contributed by atoms with Crippen LogP contribution in [0.4, 0.5) is 0 Å². The molecule has 70 valence electrons. The second-order valence-corrected chi connectivity index (χ2v) is 5.52. The maximum absolute atomic E-state index is 5.73. The van der Waals surface area contributed by atoms with Crippen LogP contribution in [-0.4, -0.2) is 31.8 Å². The van der Waals surface area contributed by atoms with Crippen molar-refractivity contribution in [1.29, 1.82) is 0 Å². The van der Waals surface area contributed by atoms with E-state index in [1.54, 1.807) is 0 Å². The van der Waals surface area contributed by atoms with E-state index >= 15 is 0 Å². The normalized spacial score (nSPS) is 7.31. The molecular formula is C9H14Cl2MgSi. The second-order valence-electron chi connectivity index (χ2n) is 2.51. The Morgan fingerprint density at radius 2 is 1.46 bits per heavy atom. The zero-order chi connectivity index (χ0) is 7.56. The van der Waals surface area contributed by atoms with Crippen molar-refractivity contribution in [3.63, 3.8) is 0 Å². The average Bonchev–Trinajstić information content (AvgIpc) is 1.88. The Morgan fingerprint density at radius 3 is 1.77 bits per heavy atom. The summed E-state index contributed by atoms with van der Waals surface area (Å²) < 4.78 is 0. The largest absolute Gasteiger partial charge is 2.00 e. The zero-order valence-corrected chi connectivity index (χ0v) is 12.3. The summed E-state index contributed by atoms with van der Waals surface area (Å²) in [5, 5.41) is 2.27. The summed E-state index contributed by atoms with van der Waals surface area (Å²) in [6.45, 7) is 4.54. The van der Waals surface area contributed by atoms with Gasteiger partial charge in [0.15, 0.2) is 0 Å². The van der Waals surface area contributed by atoms with Crippen molar-refractivity contribution in [2.24, 2.45) is 0 Å². The number of halogens is 2. The molecule has 0 aliphatic carbocycles. The van der Waals surface area contributed by atoms with Gasteiger partial charge in [-0.1, -0.05) is 23.7 Å². The number of hydrogen-bond acceptors (Lipinski definition) is 0. The van der Waals surface area contributed by atoms with Crippen LogP contribution in [0.2, 0.25) is 18.1 Å². The first-order valence-corrected chi connectivity index (χ1v) is 6.14. The molecule has 0 aliphatic heterocycles. The van der Waals surface area contributed by atoms with E-state index in [1.807, 2.05) is 12.1 Å². The minimum Gasteiger partial charge on any atom is -0.358 e. The summed E-state index contributed by atoms with van der Waals surface area (Å²) in [7, 11) is -0.287.